The van der Waals surface area contributed by atoms with Crippen molar-refractivity contribution in [2.24, 2.45) is 5.92 Å². The number of aromatic nitrogens is 2. The van der Waals surface area contributed by atoms with Crippen LogP contribution >= 0.6 is 11.3 Å². The van der Waals surface area contributed by atoms with Crippen LogP contribution in [-0.2, 0) is 23.0 Å². The molecule has 22 heavy (non-hydrogen) atoms. The highest BCUT2D eigenvalue weighted by atomic mass is 32.2. The number of aryl methyl sites for hydroxylation is 1. The fraction of sp³-hybridized carbons (Fsp3) is 0.500. The summed E-state index contributed by atoms with van der Waals surface area (Å²) in [5.74, 6) is 1.80. The highest BCUT2D eigenvalue weighted by Crippen LogP contribution is 2.32. The van der Waals surface area contributed by atoms with Crippen LogP contribution in [0.1, 0.15) is 12.2 Å². The van der Waals surface area contributed by atoms with E-state index in [4.69, 9.17) is 4.74 Å². The topological polar surface area (TPSA) is 64.4 Å². The van der Waals surface area contributed by atoms with Gasteiger partial charge in [-0.05, 0) is 23.8 Å². The average Bonchev–Trinajstić information content (AvgIpc) is 3.15. The quantitative estimate of drug-likeness (QED) is 0.832. The third-order valence-electron chi connectivity index (χ3n) is 4.01. The first-order valence-corrected chi connectivity index (χ1v) is 9.42. The summed E-state index contributed by atoms with van der Waals surface area (Å²) in [5.41, 5.74) is 0. The van der Waals surface area contributed by atoms with Gasteiger partial charge in [-0.2, -0.15) is 4.31 Å². The summed E-state index contributed by atoms with van der Waals surface area (Å²) in [6.45, 7) is 1.32. The zero-order valence-electron chi connectivity index (χ0n) is 12.6. The Morgan fingerprint density at radius 1 is 1.55 bits per heavy atom. The van der Waals surface area contributed by atoms with Gasteiger partial charge in [-0.25, -0.2) is 13.4 Å². The van der Waals surface area contributed by atoms with Crippen LogP contribution in [0.4, 0.5) is 0 Å². The van der Waals surface area contributed by atoms with E-state index in [2.05, 4.69) is 9.55 Å². The highest BCUT2D eigenvalue weighted by molar-refractivity contribution is 7.91. The van der Waals surface area contributed by atoms with Gasteiger partial charge in [0.25, 0.3) is 10.0 Å². The molecule has 3 heterocycles. The van der Waals surface area contributed by atoms with Crippen molar-refractivity contribution in [2.45, 2.75) is 23.6 Å². The molecule has 0 unspecified atom stereocenters. The predicted octanol–water partition coefficient (Wildman–Crippen LogP) is 1.84. The normalized spacial score (nSPS) is 18.4. The van der Waals surface area contributed by atoms with E-state index in [1.807, 2.05) is 6.20 Å². The fourth-order valence-corrected chi connectivity index (χ4v) is 5.53. The van der Waals surface area contributed by atoms with Crippen LogP contribution in [-0.4, -0.2) is 43.0 Å². The Labute approximate surface area is 134 Å². The number of hydrogen-bond acceptors (Lipinski definition) is 5. The van der Waals surface area contributed by atoms with Crippen LogP contribution in [0.5, 0.6) is 5.75 Å². The Hall–Kier alpha value is -1.38. The lowest BCUT2D eigenvalue weighted by atomic mass is 10.00. The second-order valence-corrected chi connectivity index (χ2v) is 8.62. The van der Waals surface area contributed by atoms with Gasteiger partial charge >= 0.3 is 0 Å². The lowest BCUT2D eigenvalue weighted by molar-refractivity contribution is 0.303. The zero-order chi connectivity index (χ0) is 15.7. The van der Waals surface area contributed by atoms with Crippen molar-refractivity contribution >= 4 is 21.4 Å². The first-order chi connectivity index (χ1) is 10.5. The summed E-state index contributed by atoms with van der Waals surface area (Å²) in [4.78, 5) is 4.30. The third kappa shape index (κ3) is 2.78. The van der Waals surface area contributed by atoms with Crippen LogP contribution in [0.25, 0.3) is 0 Å². The van der Waals surface area contributed by atoms with Crippen molar-refractivity contribution in [1.82, 2.24) is 13.9 Å². The predicted molar refractivity (Wildman–Crippen MR) is 84.7 cm³/mol. The molecule has 0 spiro atoms. The molecule has 0 bridgehead atoms. The number of fused-ring (bicyclic) bond motifs is 1. The van der Waals surface area contributed by atoms with E-state index < -0.39 is 10.0 Å². The Bertz CT molecular complexity index is 751. The molecule has 6 nitrogen and oxygen atoms in total. The van der Waals surface area contributed by atoms with Crippen LogP contribution < -0.4 is 4.74 Å². The van der Waals surface area contributed by atoms with Gasteiger partial charge in [-0.3, -0.25) is 0 Å². The molecular formula is C14H19N3O3S2. The molecule has 2 aromatic rings. The van der Waals surface area contributed by atoms with Gasteiger partial charge in [0.15, 0.2) is 4.21 Å². The molecule has 0 N–H and O–H groups in total. The summed E-state index contributed by atoms with van der Waals surface area (Å²) in [6, 6.07) is 1.68. The molecule has 3 rings (SSSR count). The number of sulfonamides is 1. The van der Waals surface area contributed by atoms with Crippen molar-refractivity contribution < 1.29 is 13.2 Å². The summed E-state index contributed by atoms with van der Waals surface area (Å²) in [6.07, 6.45) is 5.61. The molecule has 0 aromatic carbocycles. The van der Waals surface area contributed by atoms with E-state index >= 15 is 0 Å². The van der Waals surface area contributed by atoms with E-state index in [0.29, 0.717) is 18.2 Å². The van der Waals surface area contributed by atoms with Crippen LogP contribution in [0.15, 0.2) is 28.0 Å². The van der Waals surface area contributed by atoms with Gasteiger partial charge in [0.2, 0.25) is 0 Å². The SMILES string of the molecule is COc1ccsc1S(=O)(=O)N(C)C[C@@H]1CCc2nccn2C1. The van der Waals surface area contributed by atoms with E-state index in [-0.39, 0.29) is 4.21 Å². The first kappa shape index (κ1) is 15.5. The number of ether oxygens (including phenoxy) is 1. The molecule has 1 atom stereocenters. The van der Waals surface area contributed by atoms with Gasteiger partial charge in [-0.15, -0.1) is 11.3 Å². The van der Waals surface area contributed by atoms with Crippen LogP contribution in [0.3, 0.4) is 0 Å². The molecule has 120 valence electrons. The molecule has 0 amide bonds. The summed E-state index contributed by atoms with van der Waals surface area (Å²) < 4.78 is 34.3. The van der Waals surface area contributed by atoms with E-state index in [1.165, 1.54) is 22.8 Å². The number of methoxy groups -OCH3 is 1. The lowest BCUT2D eigenvalue weighted by Gasteiger charge is -2.27. The van der Waals surface area contributed by atoms with Crippen LogP contribution in [0, 0.1) is 5.92 Å². The van der Waals surface area contributed by atoms with E-state index in [1.54, 1.807) is 24.7 Å². The Morgan fingerprint density at radius 2 is 2.36 bits per heavy atom. The maximum absolute atomic E-state index is 12.7. The van der Waals surface area contributed by atoms with Crippen molar-refractivity contribution in [3.63, 3.8) is 0 Å². The minimum Gasteiger partial charge on any atom is -0.494 e. The molecule has 0 fully saturated rings. The Morgan fingerprint density at radius 3 is 3.14 bits per heavy atom. The summed E-state index contributed by atoms with van der Waals surface area (Å²) in [7, 11) is -0.374. The first-order valence-electron chi connectivity index (χ1n) is 7.10. The minimum atomic E-state index is -3.50. The van der Waals surface area contributed by atoms with E-state index in [9.17, 15) is 8.42 Å². The van der Waals surface area contributed by atoms with E-state index in [0.717, 1.165) is 25.2 Å². The molecule has 0 saturated heterocycles. The molecule has 0 radical (unpaired) electrons. The van der Waals surface area contributed by atoms with Crippen molar-refractivity contribution in [2.75, 3.05) is 20.7 Å². The molecule has 1 aliphatic heterocycles. The standard InChI is InChI=1S/C14H19N3O3S2/c1-16(22(18,19)14-12(20-2)5-8-21-14)9-11-3-4-13-15-6-7-17(13)10-11/h5-8,11H,3-4,9-10H2,1-2H3/t11-/m0/s1. The summed E-state index contributed by atoms with van der Waals surface area (Å²) in [5, 5.41) is 1.73. The maximum atomic E-state index is 12.7. The molecule has 8 heteroatoms. The summed E-state index contributed by atoms with van der Waals surface area (Å²) >= 11 is 1.19. The monoisotopic (exact) mass is 341 g/mol. The van der Waals surface area contributed by atoms with Crippen molar-refractivity contribution in [3.8, 4) is 5.75 Å². The molecule has 0 aliphatic carbocycles. The van der Waals surface area contributed by atoms with Crippen molar-refractivity contribution in [1.29, 1.82) is 0 Å². The number of imidazole rings is 1. The van der Waals surface area contributed by atoms with Crippen molar-refractivity contribution in [3.05, 3.63) is 29.7 Å². The largest absolute Gasteiger partial charge is 0.494 e. The minimum absolute atomic E-state index is 0.275. The Balaban J connectivity index is 1.73. The molecular weight excluding hydrogens is 322 g/mol. The van der Waals surface area contributed by atoms with Crippen LogP contribution in [0.2, 0.25) is 0 Å². The smallest absolute Gasteiger partial charge is 0.256 e. The average molecular weight is 341 g/mol. The number of thiophene rings is 1. The second kappa shape index (κ2) is 6.02. The number of nitrogens with zero attached hydrogens (tertiary/aromatic N) is 3. The third-order valence-corrected chi connectivity index (χ3v) is 7.26. The number of rotatable bonds is 5. The second-order valence-electron chi connectivity index (χ2n) is 5.46. The van der Waals surface area contributed by atoms with Gasteiger partial charge in [0, 0.05) is 39.0 Å². The van der Waals surface area contributed by atoms with Gasteiger partial charge in [-0.1, -0.05) is 0 Å². The molecule has 2 aromatic heterocycles. The van der Waals surface area contributed by atoms with Gasteiger partial charge < -0.3 is 9.30 Å². The highest BCUT2D eigenvalue weighted by Gasteiger charge is 2.29. The Kier molecular flexibility index (Phi) is 4.24. The zero-order valence-corrected chi connectivity index (χ0v) is 14.2. The lowest BCUT2D eigenvalue weighted by Crippen LogP contribution is -2.35. The fourth-order valence-electron chi connectivity index (χ4n) is 2.81. The van der Waals surface area contributed by atoms with Gasteiger partial charge in [0.05, 0.1) is 7.11 Å². The van der Waals surface area contributed by atoms with Gasteiger partial charge in [0.1, 0.15) is 11.6 Å². The molecule has 1 aliphatic rings. The molecule has 0 saturated carbocycles. The number of hydrogen-bond donors (Lipinski definition) is 0. The maximum Gasteiger partial charge on any atom is 0.256 e.